The quantitative estimate of drug-likeness (QED) is 0.657. The van der Waals surface area contributed by atoms with Crippen molar-refractivity contribution in [3.63, 3.8) is 0 Å². The van der Waals surface area contributed by atoms with Gasteiger partial charge >= 0.3 is 0 Å². The number of carbonyl (C=O) groups is 1. The minimum atomic E-state index is 0.0224. The molecule has 0 aliphatic carbocycles. The predicted octanol–water partition coefficient (Wildman–Crippen LogP) is 4.87. The maximum Gasteiger partial charge on any atom is 0.253 e. The monoisotopic (exact) mass is 353 g/mol. The summed E-state index contributed by atoms with van der Waals surface area (Å²) in [6, 6.07) is 21.9. The van der Waals surface area contributed by atoms with E-state index in [4.69, 9.17) is 0 Å². The number of benzene rings is 3. The second kappa shape index (κ2) is 6.32. The molecular formula is C19H16BrNO. The second-order valence-electron chi connectivity index (χ2n) is 5.31. The van der Waals surface area contributed by atoms with Gasteiger partial charge in [-0.3, -0.25) is 4.79 Å². The van der Waals surface area contributed by atoms with Crippen LogP contribution in [0.3, 0.4) is 0 Å². The Bertz CT molecular complexity index is 823. The first-order chi connectivity index (χ1) is 10.6. The molecule has 3 aromatic rings. The summed E-state index contributed by atoms with van der Waals surface area (Å²) in [5.41, 5.74) is 1.85. The summed E-state index contributed by atoms with van der Waals surface area (Å²) in [6.45, 7) is 0.590. The minimum Gasteiger partial charge on any atom is -0.337 e. The molecule has 0 unspecified atom stereocenters. The molecule has 3 rings (SSSR count). The average molecular weight is 354 g/mol. The average Bonchev–Trinajstić information content (AvgIpc) is 2.54. The van der Waals surface area contributed by atoms with E-state index in [1.54, 1.807) is 4.90 Å². The molecule has 0 aromatic heterocycles. The highest BCUT2D eigenvalue weighted by Crippen LogP contribution is 2.20. The van der Waals surface area contributed by atoms with E-state index in [1.165, 1.54) is 10.8 Å². The predicted molar refractivity (Wildman–Crippen MR) is 93.9 cm³/mol. The van der Waals surface area contributed by atoms with Gasteiger partial charge in [0.1, 0.15) is 0 Å². The Kier molecular flexibility index (Phi) is 4.25. The minimum absolute atomic E-state index is 0.0224. The van der Waals surface area contributed by atoms with Crippen LogP contribution >= 0.6 is 15.9 Å². The normalized spacial score (nSPS) is 10.6. The lowest BCUT2D eigenvalue weighted by Crippen LogP contribution is -2.26. The van der Waals surface area contributed by atoms with Crippen LogP contribution in [0.25, 0.3) is 10.8 Å². The number of rotatable bonds is 3. The molecule has 0 bridgehead atoms. The van der Waals surface area contributed by atoms with E-state index in [1.807, 2.05) is 49.5 Å². The molecule has 0 aliphatic heterocycles. The van der Waals surface area contributed by atoms with Crippen molar-refractivity contribution in [2.45, 2.75) is 6.54 Å². The van der Waals surface area contributed by atoms with Gasteiger partial charge in [0.25, 0.3) is 5.91 Å². The number of fused-ring (bicyclic) bond motifs is 1. The summed E-state index contributed by atoms with van der Waals surface area (Å²) in [7, 11) is 1.84. The zero-order valence-corrected chi connectivity index (χ0v) is 13.9. The molecule has 0 N–H and O–H groups in total. The van der Waals surface area contributed by atoms with E-state index in [0.29, 0.717) is 12.1 Å². The standard InChI is InChI=1S/C19H16BrNO/c1-21(19(22)15-8-5-10-17(20)12-15)13-16-9-4-7-14-6-2-3-11-18(14)16/h2-12H,13H2,1H3. The molecule has 0 atom stereocenters. The van der Waals surface area contributed by atoms with Crippen molar-refractivity contribution in [2.75, 3.05) is 7.05 Å². The van der Waals surface area contributed by atoms with Crippen LogP contribution in [0.1, 0.15) is 15.9 Å². The first kappa shape index (κ1) is 14.8. The van der Waals surface area contributed by atoms with E-state index in [-0.39, 0.29) is 5.91 Å². The smallest absolute Gasteiger partial charge is 0.253 e. The Hall–Kier alpha value is -2.13. The zero-order chi connectivity index (χ0) is 15.5. The van der Waals surface area contributed by atoms with E-state index < -0.39 is 0 Å². The molecule has 3 aromatic carbocycles. The van der Waals surface area contributed by atoms with Gasteiger partial charge in [0.2, 0.25) is 0 Å². The lowest BCUT2D eigenvalue weighted by atomic mass is 10.0. The van der Waals surface area contributed by atoms with Crippen molar-refractivity contribution in [2.24, 2.45) is 0 Å². The van der Waals surface area contributed by atoms with Gasteiger partial charge < -0.3 is 4.90 Å². The van der Waals surface area contributed by atoms with E-state index >= 15 is 0 Å². The van der Waals surface area contributed by atoms with Gasteiger partial charge in [-0.15, -0.1) is 0 Å². The lowest BCUT2D eigenvalue weighted by Gasteiger charge is -2.18. The van der Waals surface area contributed by atoms with Crippen LogP contribution in [0.15, 0.2) is 71.2 Å². The van der Waals surface area contributed by atoms with Crippen LogP contribution in [0.5, 0.6) is 0 Å². The fourth-order valence-corrected chi connectivity index (χ4v) is 3.00. The highest BCUT2D eigenvalue weighted by atomic mass is 79.9. The van der Waals surface area contributed by atoms with E-state index in [0.717, 1.165) is 10.0 Å². The van der Waals surface area contributed by atoms with Crippen LogP contribution in [0, 0.1) is 0 Å². The molecule has 0 saturated carbocycles. The Morgan fingerprint density at radius 1 is 1.00 bits per heavy atom. The van der Waals surface area contributed by atoms with Gasteiger partial charge in [-0.05, 0) is 34.5 Å². The summed E-state index contributed by atoms with van der Waals surface area (Å²) >= 11 is 3.41. The van der Waals surface area contributed by atoms with Crippen molar-refractivity contribution in [1.29, 1.82) is 0 Å². The van der Waals surface area contributed by atoms with E-state index in [9.17, 15) is 4.79 Å². The van der Waals surface area contributed by atoms with Gasteiger partial charge in [0.15, 0.2) is 0 Å². The Balaban J connectivity index is 1.87. The first-order valence-electron chi connectivity index (χ1n) is 7.13. The fourth-order valence-electron chi connectivity index (χ4n) is 2.60. The molecule has 3 heteroatoms. The van der Waals surface area contributed by atoms with Crippen molar-refractivity contribution in [1.82, 2.24) is 4.90 Å². The number of halogens is 1. The number of carbonyl (C=O) groups excluding carboxylic acids is 1. The highest BCUT2D eigenvalue weighted by Gasteiger charge is 2.13. The molecule has 0 fully saturated rings. The maximum absolute atomic E-state index is 12.5. The Morgan fingerprint density at radius 3 is 2.55 bits per heavy atom. The topological polar surface area (TPSA) is 20.3 Å². The summed E-state index contributed by atoms with van der Waals surface area (Å²) in [5.74, 6) is 0.0224. The first-order valence-corrected chi connectivity index (χ1v) is 7.92. The van der Waals surface area contributed by atoms with Crippen molar-refractivity contribution in [3.05, 3.63) is 82.3 Å². The molecule has 0 heterocycles. The number of amides is 1. The molecule has 2 nitrogen and oxygen atoms in total. The van der Waals surface area contributed by atoms with Gasteiger partial charge in [0.05, 0.1) is 0 Å². The van der Waals surface area contributed by atoms with Gasteiger partial charge in [-0.25, -0.2) is 0 Å². The summed E-state index contributed by atoms with van der Waals surface area (Å²) in [6.07, 6.45) is 0. The van der Waals surface area contributed by atoms with Crippen molar-refractivity contribution < 1.29 is 4.79 Å². The van der Waals surface area contributed by atoms with Crippen molar-refractivity contribution >= 4 is 32.6 Å². The van der Waals surface area contributed by atoms with Gasteiger partial charge in [-0.2, -0.15) is 0 Å². The summed E-state index contributed by atoms with van der Waals surface area (Å²) < 4.78 is 0.914. The molecular weight excluding hydrogens is 338 g/mol. The Labute approximate surface area is 138 Å². The zero-order valence-electron chi connectivity index (χ0n) is 12.3. The number of hydrogen-bond acceptors (Lipinski definition) is 1. The van der Waals surface area contributed by atoms with Crippen LogP contribution in [0.2, 0.25) is 0 Å². The van der Waals surface area contributed by atoms with Crippen molar-refractivity contribution in [3.8, 4) is 0 Å². The number of nitrogens with zero attached hydrogens (tertiary/aromatic N) is 1. The summed E-state index contributed by atoms with van der Waals surface area (Å²) in [4.78, 5) is 14.3. The summed E-state index contributed by atoms with van der Waals surface area (Å²) in [5, 5.41) is 2.39. The fraction of sp³-hybridized carbons (Fsp3) is 0.105. The van der Waals surface area contributed by atoms with Crippen LogP contribution in [-0.2, 0) is 6.54 Å². The third-order valence-electron chi connectivity index (χ3n) is 3.71. The SMILES string of the molecule is CN(Cc1cccc2ccccc12)C(=O)c1cccc(Br)c1. The molecule has 0 spiro atoms. The number of hydrogen-bond donors (Lipinski definition) is 0. The maximum atomic E-state index is 12.5. The molecule has 0 radical (unpaired) electrons. The van der Waals surface area contributed by atoms with Crippen LogP contribution in [0.4, 0.5) is 0 Å². The molecule has 0 aliphatic rings. The third kappa shape index (κ3) is 3.04. The molecule has 0 saturated heterocycles. The van der Waals surface area contributed by atoms with Gasteiger partial charge in [0, 0.05) is 23.6 Å². The third-order valence-corrected chi connectivity index (χ3v) is 4.20. The second-order valence-corrected chi connectivity index (χ2v) is 6.23. The largest absolute Gasteiger partial charge is 0.337 e. The van der Waals surface area contributed by atoms with Crippen LogP contribution < -0.4 is 0 Å². The van der Waals surface area contributed by atoms with Gasteiger partial charge in [-0.1, -0.05) is 64.5 Å². The molecule has 22 heavy (non-hydrogen) atoms. The highest BCUT2D eigenvalue weighted by molar-refractivity contribution is 9.10. The molecule has 110 valence electrons. The lowest BCUT2D eigenvalue weighted by molar-refractivity contribution is 0.0785. The van der Waals surface area contributed by atoms with Crippen LogP contribution in [-0.4, -0.2) is 17.9 Å². The Morgan fingerprint density at radius 2 is 1.73 bits per heavy atom. The molecule has 1 amide bonds. The van der Waals surface area contributed by atoms with E-state index in [2.05, 4.69) is 40.2 Å².